The van der Waals surface area contributed by atoms with Crippen molar-refractivity contribution < 1.29 is 4.74 Å². The van der Waals surface area contributed by atoms with Crippen molar-refractivity contribution in [1.29, 1.82) is 0 Å². The molecule has 1 aromatic rings. The lowest BCUT2D eigenvalue weighted by Crippen LogP contribution is -2.20. The summed E-state index contributed by atoms with van der Waals surface area (Å²) in [5.41, 5.74) is 2.64. The molecule has 0 aromatic carbocycles. The third kappa shape index (κ3) is 4.39. The second-order valence-corrected chi connectivity index (χ2v) is 5.66. The van der Waals surface area contributed by atoms with Crippen molar-refractivity contribution in [2.45, 2.75) is 33.2 Å². The van der Waals surface area contributed by atoms with Crippen LogP contribution in [0.4, 0.5) is 5.69 Å². The zero-order valence-electron chi connectivity index (χ0n) is 12.2. The van der Waals surface area contributed by atoms with Crippen LogP contribution in [0.1, 0.15) is 26.7 Å². The first-order chi connectivity index (χ1) is 9.17. The van der Waals surface area contributed by atoms with Gasteiger partial charge in [0, 0.05) is 19.9 Å². The minimum atomic E-state index is 0.700. The standard InChI is InChI=1S/C15H25N3O/c1-12-6-13(2)8-14(7-12)9-16-15-10-17-18(11-15)4-5-19-3/h6,10-12,14,16H,4-5,7-9H2,1-3H3. The number of methoxy groups -OCH3 is 1. The van der Waals surface area contributed by atoms with E-state index in [2.05, 4.69) is 30.3 Å². The fraction of sp³-hybridized carbons (Fsp3) is 0.667. The topological polar surface area (TPSA) is 39.1 Å². The minimum Gasteiger partial charge on any atom is -0.383 e. The van der Waals surface area contributed by atoms with Crippen LogP contribution < -0.4 is 5.32 Å². The molecule has 1 aliphatic carbocycles. The van der Waals surface area contributed by atoms with Crippen molar-refractivity contribution in [2.75, 3.05) is 25.6 Å². The van der Waals surface area contributed by atoms with Gasteiger partial charge in [0.25, 0.3) is 0 Å². The van der Waals surface area contributed by atoms with E-state index >= 15 is 0 Å². The molecule has 0 radical (unpaired) electrons. The molecule has 4 nitrogen and oxygen atoms in total. The van der Waals surface area contributed by atoms with E-state index in [9.17, 15) is 0 Å². The van der Waals surface area contributed by atoms with Crippen LogP contribution in [-0.2, 0) is 11.3 Å². The number of hydrogen-bond acceptors (Lipinski definition) is 3. The smallest absolute Gasteiger partial charge is 0.0726 e. The molecule has 19 heavy (non-hydrogen) atoms. The summed E-state index contributed by atoms with van der Waals surface area (Å²) in [4.78, 5) is 0. The van der Waals surface area contributed by atoms with E-state index in [1.54, 1.807) is 7.11 Å². The Morgan fingerprint density at radius 2 is 2.37 bits per heavy atom. The van der Waals surface area contributed by atoms with Crippen molar-refractivity contribution in [1.82, 2.24) is 9.78 Å². The Hall–Kier alpha value is -1.29. The van der Waals surface area contributed by atoms with Crippen LogP contribution in [0.15, 0.2) is 24.0 Å². The van der Waals surface area contributed by atoms with Gasteiger partial charge in [0.2, 0.25) is 0 Å². The maximum absolute atomic E-state index is 5.05. The van der Waals surface area contributed by atoms with Crippen LogP contribution in [0.5, 0.6) is 0 Å². The lowest BCUT2D eigenvalue weighted by molar-refractivity contribution is 0.183. The zero-order chi connectivity index (χ0) is 13.7. The summed E-state index contributed by atoms with van der Waals surface area (Å²) < 4.78 is 6.96. The summed E-state index contributed by atoms with van der Waals surface area (Å²) in [5.74, 6) is 1.45. The van der Waals surface area contributed by atoms with Gasteiger partial charge in [0.05, 0.1) is 25.0 Å². The van der Waals surface area contributed by atoms with Gasteiger partial charge in [-0.2, -0.15) is 5.10 Å². The second-order valence-electron chi connectivity index (χ2n) is 5.66. The monoisotopic (exact) mass is 263 g/mol. The highest BCUT2D eigenvalue weighted by atomic mass is 16.5. The van der Waals surface area contributed by atoms with Crippen LogP contribution in [0.3, 0.4) is 0 Å². The van der Waals surface area contributed by atoms with Gasteiger partial charge in [-0.15, -0.1) is 0 Å². The summed E-state index contributed by atoms with van der Waals surface area (Å²) >= 11 is 0. The van der Waals surface area contributed by atoms with Crippen molar-refractivity contribution >= 4 is 5.69 Å². The molecule has 2 unspecified atom stereocenters. The van der Waals surface area contributed by atoms with Crippen LogP contribution >= 0.6 is 0 Å². The van der Waals surface area contributed by atoms with Gasteiger partial charge in [-0.3, -0.25) is 4.68 Å². The van der Waals surface area contributed by atoms with Crippen LogP contribution in [-0.4, -0.2) is 30.0 Å². The number of aromatic nitrogens is 2. The Morgan fingerprint density at radius 1 is 1.53 bits per heavy atom. The molecule has 0 bridgehead atoms. The van der Waals surface area contributed by atoms with Gasteiger partial charge in [0.1, 0.15) is 0 Å². The number of anilines is 1. The van der Waals surface area contributed by atoms with Gasteiger partial charge in [-0.25, -0.2) is 0 Å². The fourth-order valence-electron chi connectivity index (χ4n) is 2.87. The fourth-order valence-corrected chi connectivity index (χ4v) is 2.87. The first kappa shape index (κ1) is 14.1. The van der Waals surface area contributed by atoms with Gasteiger partial charge in [-0.1, -0.05) is 18.6 Å². The molecule has 1 heterocycles. The lowest BCUT2D eigenvalue weighted by Gasteiger charge is -2.25. The van der Waals surface area contributed by atoms with E-state index < -0.39 is 0 Å². The van der Waals surface area contributed by atoms with Crippen molar-refractivity contribution in [2.24, 2.45) is 11.8 Å². The number of ether oxygens (including phenoxy) is 1. The van der Waals surface area contributed by atoms with E-state index in [1.165, 1.54) is 18.4 Å². The van der Waals surface area contributed by atoms with Crippen molar-refractivity contribution in [3.8, 4) is 0 Å². The molecule has 1 aromatic heterocycles. The number of hydrogen-bond donors (Lipinski definition) is 1. The van der Waals surface area contributed by atoms with Crippen LogP contribution in [0.25, 0.3) is 0 Å². The molecule has 0 spiro atoms. The molecule has 2 atom stereocenters. The average Bonchev–Trinajstić information content (AvgIpc) is 2.81. The second kappa shape index (κ2) is 6.75. The molecular formula is C15H25N3O. The zero-order valence-corrected chi connectivity index (χ0v) is 12.2. The number of nitrogens with one attached hydrogen (secondary N) is 1. The van der Waals surface area contributed by atoms with E-state index in [0.717, 1.165) is 24.7 Å². The summed E-state index contributed by atoms with van der Waals surface area (Å²) in [5, 5.41) is 7.81. The molecule has 1 aliphatic rings. The first-order valence-electron chi connectivity index (χ1n) is 7.10. The molecule has 0 aliphatic heterocycles. The van der Waals surface area contributed by atoms with Gasteiger partial charge in [0.15, 0.2) is 0 Å². The Morgan fingerprint density at radius 3 is 3.11 bits per heavy atom. The lowest BCUT2D eigenvalue weighted by atomic mass is 9.84. The van der Waals surface area contributed by atoms with Gasteiger partial charge >= 0.3 is 0 Å². The van der Waals surface area contributed by atoms with Crippen molar-refractivity contribution in [3.05, 3.63) is 24.0 Å². The minimum absolute atomic E-state index is 0.700. The molecule has 4 heteroatoms. The number of nitrogens with zero attached hydrogens (tertiary/aromatic N) is 2. The summed E-state index contributed by atoms with van der Waals surface area (Å²) in [6.07, 6.45) is 8.84. The third-order valence-electron chi connectivity index (χ3n) is 3.64. The highest BCUT2D eigenvalue weighted by Gasteiger charge is 2.17. The predicted molar refractivity (Wildman–Crippen MR) is 78.2 cm³/mol. The molecule has 0 saturated carbocycles. The molecule has 0 saturated heterocycles. The largest absolute Gasteiger partial charge is 0.383 e. The van der Waals surface area contributed by atoms with Gasteiger partial charge in [-0.05, 0) is 31.6 Å². The molecule has 0 amide bonds. The maximum atomic E-state index is 5.05. The van der Waals surface area contributed by atoms with Crippen LogP contribution in [0.2, 0.25) is 0 Å². The van der Waals surface area contributed by atoms with E-state index in [1.807, 2.05) is 17.1 Å². The Kier molecular flexibility index (Phi) is 5.02. The summed E-state index contributed by atoms with van der Waals surface area (Å²) in [6, 6.07) is 0. The van der Waals surface area contributed by atoms with E-state index in [4.69, 9.17) is 4.74 Å². The molecule has 1 N–H and O–H groups in total. The average molecular weight is 263 g/mol. The molecule has 2 rings (SSSR count). The highest BCUT2D eigenvalue weighted by molar-refractivity contribution is 5.38. The third-order valence-corrected chi connectivity index (χ3v) is 3.64. The SMILES string of the molecule is COCCn1cc(NCC2CC(C)=CC(C)C2)cn1. The Labute approximate surface area is 115 Å². The normalized spacial score (nSPS) is 23.2. The molecular weight excluding hydrogens is 238 g/mol. The Bertz CT molecular complexity index is 425. The van der Waals surface area contributed by atoms with Gasteiger partial charge < -0.3 is 10.1 Å². The number of rotatable bonds is 6. The predicted octanol–water partition coefficient (Wildman–Crippen LogP) is 2.93. The Balaban J connectivity index is 1.79. The van der Waals surface area contributed by atoms with E-state index in [0.29, 0.717) is 12.5 Å². The molecule has 0 fully saturated rings. The number of allylic oxidation sites excluding steroid dienone is 2. The quantitative estimate of drug-likeness (QED) is 0.802. The van der Waals surface area contributed by atoms with Crippen LogP contribution in [0, 0.1) is 11.8 Å². The van der Waals surface area contributed by atoms with E-state index in [-0.39, 0.29) is 0 Å². The van der Waals surface area contributed by atoms with Crippen molar-refractivity contribution in [3.63, 3.8) is 0 Å². The maximum Gasteiger partial charge on any atom is 0.0726 e. The summed E-state index contributed by atoms with van der Waals surface area (Å²) in [7, 11) is 1.71. The highest BCUT2D eigenvalue weighted by Crippen LogP contribution is 2.27. The molecule has 106 valence electrons. The summed E-state index contributed by atoms with van der Waals surface area (Å²) in [6.45, 7) is 7.08. The first-order valence-corrected chi connectivity index (χ1v) is 7.10.